The molecule has 1 N–H and O–H groups in total. The van der Waals surface area contributed by atoms with Crippen LogP contribution in [-0.4, -0.2) is 17.0 Å². The molecular weight excluding hydrogens is 310 g/mol. The zero-order valence-electron chi connectivity index (χ0n) is 10.8. The summed E-state index contributed by atoms with van der Waals surface area (Å²) in [7, 11) is 0. The molecule has 0 amide bonds. The van der Waals surface area contributed by atoms with Crippen molar-refractivity contribution in [1.29, 1.82) is 0 Å². The van der Waals surface area contributed by atoms with Crippen LogP contribution in [0.5, 0.6) is 0 Å². The van der Waals surface area contributed by atoms with Crippen molar-refractivity contribution in [2.75, 3.05) is 0 Å². The van der Waals surface area contributed by atoms with E-state index in [-0.39, 0.29) is 37.2 Å². The molecule has 2 rings (SSSR count). The van der Waals surface area contributed by atoms with Crippen LogP contribution in [0.2, 0.25) is 0 Å². The van der Waals surface area contributed by atoms with Crippen LogP contribution in [0, 0.1) is 0 Å². The molecule has 20 heavy (non-hydrogen) atoms. The third-order valence-corrected chi connectivity index (χ3v) is 2.59. The van der Waals surface area contributed by atoms with Crippen LogP contribution in [0.1, 0.15) is 26.3 Å². The fourth-order valence-electron chi connectivity index (χ4n) is 1.65. The van der Waals surface area contributed by atoms with E-state index in [4.69, 9.17) is 9.84 Å². The van der Waals surface area contributed by atoms with Gasteiger partial charge in [0, 0.05) is 19.5 Å². The molecule has 0 aliphatic rings. The van der Waals surface area contributed by atoms with Crippen LogP contribution in [0.3, 0.4) is 0 Å². The minimum atomic E-state index is -1.15. The first-order valence-corrected chi connectivity index (χ1v) is 5.72. The molecule has 0 aliphatic heterocycles. The van der Waals surface area contributed by atoms with Crippen molar-refractivity contribution in [3.8, 4) is 0 Å². The van der Waals surface area contributed by atoms with Gasteiger partial charge < -0.3 is 9.84 Å². The fourth-order valence-corrected chi connectivity index (χ4v) is 1.65. The number of hydrogen-bond acceptors (Lipinski definition) is 3. The van der Waals surface area contributed by atoms with Crippen LogP contribution < -0.4 is 0 Å². The number of benzene rings is 2. The van der Waals surface area contributed by atoms with Gasteiger partial charge in [0.15, 0.2) is 0 Å². The van der Waals surface area contributed by atoms with Crippen LogP contribution in [0.25, 0.3) is 0 Å². The van der Waals surface area contributed by atoms with Crippen molar-refractivity contribution >= 4 is 11.9 Å². The van der Waals surface area contributed by atoms with Crippen molar-refractivity contribution in [2.45, 2.75) is 6.61 Å². The molecule has 4 nitrogen and oxygen atoms in total. The molecule has 5 heteroatoms. The third-order valence-electron chi connectivity index (χ3n) is 2.59. The largest absolute Gasteiger partial charge is 0.478 e. The van der Waals surface area contributed by atoms with Gasteiger partial charge in [-0.25, -0.2) is 9.59 Å². The van der Waals surface area contributed by atoms with Crippen molar-refractivity contribution in [3.05, 3.63) is 71.3 Å². The van der Waals surface area contributed by atoms with Crippen molar-refractivity contribution in [2.24, 2.45) is 0 Å². The summed E-state index contributed by atoms with van der Waals surface area (Å²) in [5, 5.41) is 8.99. The maximum Gasteiger partial charge on any atom is 0.339 e. The summed E-state index contributed by atoms with van der Waals surface area (Å²) < 4.78 is 5.10. The average Bonchev–Trinajstić information content (AvgIpc) is 2.46. The average molecular weight is 322 g/mol. The van der Waals surface area contributed by atoms with Gasteiger partial charge in [0.1, 0.15) is 6.61 Å². The van der Waals surface area contributed by atoms with Crippen molar-refractivity contribution < 1.29 is 38.9 Å². The first-order chi connectivity index (χ1) is 9.18. The number of hydrogen-bond donors (Lipinski definition) is 1. The Bertz CT molecular complexity index is 596. The van der Waals surface area contributed by atoms with Gasteiger partial charge in [-0.2, -0.15) is 0 Å². The summed E-state index contributed by atoms with van der Waals surface area (Å²) >= 11 is 0. The molecule has 2 aromatic carbocycles. The number of esters is 1. The van der Waals surface area contributed by atoms with Gasteiger partial charge in [-0.15, -0.1) is 0 Å². The van der Waals surface area contributed by atoms with Gasteiger partial charge in [0.25, 0.3) is 0 Å². The van der Waals surface area contributed by atoms with E-state index < -0.39 is 11.9 Å². The molecule has 0 spiro atoms. The zero-order valence-corrected chi connectivity index (χ0v) is 13.7. The number of carboxylic acid groups (broad SMARTS) is 1. The van der Waals surface area contributed by atoms with Crippen LogP contribution >= 0.6 is 0 Å². The summed E-state index contributed by atoms with van der Waals surface area (Å²) in [6, 6.07) is 15.2. The Morgan fingerprint density at radius 2 is 1.45 bits per heavy atom. The van der Waals surface area contributed by atoms with Crippen LogP contribution in [0.15, 0.2) is 54.6 Å². The molecule has 0 aromatic heterocycles. The molecule has 2 aromatic rings. The second-order valence-electron chi connectivity index (χ2n) is 3.91. The predicted molar refractivity (Wildman–Crippen MR) is 69.0 cm³/mol. The first-order valence-electron chi connectivity index (χ1n) is 5.72. The quantitative estimate of drug-likeness (QED) is 0.694. The Balaban J connectivity index is 0.00000200. The van der Waals surface area contributed by atoms with Gasteiger partial charge >= 0.3 is 11.9 Å². The smallest absolute Gasteiger partial charge is 0.339 e. The van der Waals surface area contributed by atoms with E-state index in [2.05, 4.69) is 0 Å². The fraction of sp³-hybridized carbons (Fsp3) is 0.0667. The van der Waals surface area contributed by atoms with Gasteiger partial charge in [-0.3, -0.25) is 0 Å². The topological polar surface area (TPSA) is 63.6 Å². The Kier molecular flexibility index (Phi) is 6.07. The monoisotopic (exact) mass is 320 g/mol. The minimum Gasteiger partial charge on any atom is -0.478 e. The minimum absolute atomic E-state index is 0. The Morgan fingerprint density at radius 3 is 2.05 bits per heavy atom. The first kappa shape index (κ1) is 16.1. The molecular formula is C15H12O4Zn. The van der Waals surface area contributed by atoms with E-state index in [1.54, 1.807) is 12.1 Å². The maximum atomic E-state index is 11.9. The molecule has 98 valence electrons. The third kappa shape index (κ3) is 4.00. The second-order valence-corrected chi connectivity index (χ2v) is 3.91. The Labute approximate surface area is 129 Å². The van der Waals surface area contributed by atoms with Crippen molar-refractivity contribution in [3.63, 3.8) is 0 Å². The molecule has 0 radical (unpaired) electrons. The zero-order chi connectivity index (χ0) is 13.7. The van der Waals surface area contributed by atoms with E-state index in [9.17, 15) is 9.59 Å². The number of carbonyl (C=O) groups excluding carboxylic acids is 1. The van der Waals surface area contributed by atoms with Crippen molar-refractivity contribution in [1.82, 2.24) is 0 Å². The van der Waals surface area contributed by atoms with Gasteiger partial charge in [0.2, 0.25) is 0 Å². The summed E-state index contributed by atoms with van der Waals surface area (Å²) in [6.45, 7) is 0.119. The van der Waals surface area contributed by atoms with Gasteiger partial charge in [0.05, 0.1) is 11.1 Å². The van der Waals surface area contributed by atoms with Crippen LogP contribution in [-0.2, 0) is 30.8 Å². The van der Waals surface area contributed by atoms with Crippen LogP contribution in [0.4, 0.5) is 0 Å². The summed E-state index contributed by atoms with van der Waals surface area (Å²) in [5.74, 6) is -1.78. The summed E-state index contributed by atoms with van der Waals surface area (Å²) in [5.41, 5.74) is 0.857. The Morgan fingerprint density at radius 1 is 0.900 bits per heavy atom. The number of carbonyl (C=O) groups is 2. The van der Waals surface area contributed by atoms with E-state index in [0.717, 1.165) is 5.56 Å². The molecule has 0 heterocycles. The van der Waals surface area contributed by atoms with E-state index in [1.165, 1.54) is 12.1 Å². The van der Waals surface area contributed by atoms with Gasteiger partial charge in [-0.05, 0) is 17.7 Å². The second kappa shape index (κ2) is 7.56. The Hall–Kier alpha value is -2.00. The molecule has 0 atom stereocenters. The van der Waals surface area contributed by atoms with E-state index in [0.29, 0.717) is 0 Å². The number of carboxylic acids is 1. The van der Waals surface area contributed by atoms with Gasteiger partial charge in [-0.1, -0.05) is 42.5 Å². The number of aromatic carboxylic acids is 1. The molecule has 0 fully saturated rings. The standard InChI is InChI=1S/C15H12O4.Zn/c16-14(17)12-8-4-5-9-13(12)15(18)19-10-11-6-2-1-3-7-11;/h1-9H,10H2,(H,16,17);. The normalized spacial score (nSPS) is 9.40. The SMILES string of the molecule is O=C(O)c1ccccc1C(=O)OCc1ccccc1.[Zn]. The predicted octanol–water partition coefficient (Wildman–Crippen LogP) is 2.74. The summed E-state index contributed by atoms with van der Waals surface area (Å²) in [6.07, 6.45) is 0. The molecule has 0 unspecified atom stereocenters. The number of rotatable bonds is 4. The molecule has 0 saturated carbocycles. The van der Waals surface area contributed by atoms with E-state index >= 15 is 0 Å². The number of ether oxygens (including phenoxy) is 1. The summed E-state index contributed by atoms with van der Waals surface area (Å²) in [4.78, 5) is 22.9. The molecule has 0 saturated heterocycles. The van der Waals surface area contributed by atoms with E-state index in [1.807, 2.05) is 30.3 Å². The molecule has 0 bridgehead atoms. The molecule has 0 aliphatic carbocycles. The maximum absolute atomic E-state index is 11.9.